The van der Waals surface area contributed by atoms with E-state index in [4.69, 9.17) is 0 Å². The van der Waals surface area contributed by atoms with Crippen LogP contribution in [0.15, 0.2) is 60.8 Å². The van der Waals surface area contributed by atoms with E-state index in [1.54, 1.807) is 23.0 Å². The minimum atomic E-state index is -0.370. The number of rotatable bonds is 8. The highest BCUT2D eigenvalue weighted by molar-refractivity contribution is 5.95. The topological polar surface area (TPSA) is 76.0 Å². The van der Waals surface area contributed by atoms with Gasteiger partial charge in [-0.3, -0.25) is 9.59 Å². The highest BCUT2D eigenvalue weighted by Gasteiger charge is 2.16. The van der Waals surface area contributed by atoms with Gasteiger partial charge in [-0.15, -0.1) is 0 Å². The molecule has 0 aliphatic rings. The van der Waals surface area contributed by atoms with Crippen LogP contribution >= 0.6 is 0 Å². The molecule has 7 heteroatoms. The zero-order chi connectivity index (χ0) is 20.6. The first-order valence-electron chi connectivity index (χ1n) is 9.50. The number of hydrogen-bond donors (Lipinski definition) is 2. The van der Waals surface area contributed by atoms with Gasteiger partial charge in [0.2, 0.25) is 5.91 Å². The predicted molar refractivity (Wildman–Crippen MR) is 108 cm³/mol. The Morgan fingerprint density at radius 2 is 1.79 bits per heavy atom. The van der Waals surface area contributed by atoms with Gasteiger partial charge in [0, 0.05) is 13.1 Å². The summed E-state index contributed by atoms with van der Waals surface area (Å²) in [6, 6.07) is 15.6. The highest BCUT2D eigenvalue weighted by Crippen LogP contribution is 2.15. The van der Waals surface area contributed by atoms with Gasteiger partial charge in [-0.25, -0.2) is 9.07 Å². The molecule has 0 aliphatic carbocycles. The van der Waals surface area contributed by atoms with Crippen LogP contribution in [0.4, 0.5) is 4.39 Å². The lowest BCUT2D eigenvalue weighted by Crippen LogP contribution is -2.35. The first-order valence-corrected chi connectivity index (χ1v) is 9.50. The van der Waals surface area contributed by atoms with E-state index in [1.165, 1.54) is 12.1 Å². The summed E-state index contributed by atoms with van der Waals surface area (Å²) in [7, 11) is 0. The molecule has 0 bridgehead atoms. The van der Waals surface area contributed by atoms with Crippen LogP contribution in [-0.4, -0.2) is 34.7 Å². The van der Waals surface area contributed by atoms with E-state index in [2.05, 4.69) is 15.7 Å². The fourth-order valence-electron chi connectivity index (χ4n) is 3.06. The van der Waals surface area contributed by atoms with E-state index in [-0.39, 0.29) is 37.1 Å². The molecule has 0 fully saturated rings. The molecule has 2 N–H and O–H groups in total. The fraction of sp³-hybridized carbons (Fsp3) is 0.227. The Hall–Kier alpha value is -3.48. The van der Waals surface area contributed by atoms with E-state index >= 15 is 0 Å². The van der Waals surface area contributed by atoms with Gasteiger partial charge in [0.15, 0.2) is 0 Å². The summed E-state index contributed by atoms with van der Waals surface area (Å²) in [5, 5.41) is 9.86. The second-order valence-electron chi connectivity index (χ2n) is 6.52. The molecule has 0 radical (unpaired) electrons. The SMILES string of the molecule is CCc1c(C(=O)NCCNC(=O)Cc2cccc(F)c2)cnn1-c1ccccc1. The normalized spacial score (nSPS) is 10.6. The lowest BCUT2D eigenvalue weighted by atomic mass is 10.1. The van der Waals surface area contributed by atoms with Crippen molar-refractivity contribution in [1.82, 2.24) is 20.4 Å². The number of nitrogens with one attached hydrogen (secondary N) is 2. The van der Waals surface area contributed by atoms with Crippen molar-refractivity contribution in [2.75, 3.05) is 13.1 Å². The molecule has 3 rings (SSSR count). The standard InChI is InChI=1S/C22H23FN4O2/c1-2-20-19(15-26-27(20)18-9-4-3-5-10-18)22(29)25-12-11-24-21(28)14-16-7-6-8-17(23)13-16/h3-10,13,15H,2,11-12,14H2,1H3,(H,24,28)(H,25,29). The van der Waals surface area contributed by atoms with Crippen LogP contribution in [0.2, 0.25) is 0 Å². The number of nitrogens with zero attached hydrogens (tertiary/aromatic N) is 2. The summed E-state index contributed by atoms with van der Waals surface area (Å²) in [5.41, 5.74) is 2.84. The number of aromatic nitrogens is 2. The number of amides is 2. The molecule has 3 aromatic rings. The Labute approximate surface area is 168 Å². The molecule has 0 saturated carbocycles. The molecule has 0 atom stereocenters. The maximum atomic E-state index is 13.2. The molecule has 0 saturated heterocycles. The van der Waals surface area contributed by atoms with Gasteiger partial charge < -0.3 is 10.6 Å². The number of benzene rings is 2. The Kier molecular flexibility index (Phi) is 6.73. The van der Waals surface area contributed by atoms with Crippen molar-refractivity contribution in [3.05, 3.63) is 83.4 Å². The Morgan fingerprint density at radius 1 is 1.03 bits per heavy atom. The van der Waals surface area contributed by atoms with Crippen LogP contribution in [0.25, 0.3) is 5.69 Å². The third kappa shape index (κ3) is 5.28. The summed E-state index contributed by atoms with van der Waals surface area (Å²) in [6.45, 7) is 2.54. The molecule has 0 spiro atoms. The van der Waals surface area contributed by atoms with Gasteiger partial charge in [-0.05, 0) is 36.2 Å². The van der Waals surface area contributed by atoms with E-state index in [9.17, 15) is 14.0 Å². The van der Waals surface area contributed by atoms with E-state index in [1.807, 2.05) is 37.3 Å². The molecule has 150 valence electrons. The van der Waals surface area contributed by atoms with Gasteiger partial charge in [0.05, 0.1) is 29.6 Å². The third-order valence-corrected chi connectivity index (χ3v) is 4.44. The maximum absolute atomic E-state index is 13.2. The smallest absolute Gasteiger partial charge is 0.254 e. The van der Waals surface area contributed by atoms with E-state index in [0.717, 1.165) is 11.4 Å². The molecule has 0 unspecified atom stereocenters. The fourth-order valence-corrected chi connectivity index (χ4v) is 3.06. The van der Waals surface area contributed by atoms with Crippen LogP contribution in [-0.2, 0) is 17.6 Å². The van der Waals surface area contributed by atoms with Crippen molar-refractivity contribution in [3.63, 3.8) is 0 Å². The van der Waals surface area contributed by atoms with Gasteiger partial charge >= 0.3 is 0 Å². The molecule has 2 aromatic carbocycles. The molecule has 6 nitrogen and oxygen atoms in total. The minimum Gasteiger partial charge on any atom is -0.354 e. The number of carbonyl (C=O) groups excluding carboxylic acids is 2. The number of para-hydroxylation sites is 1. The average Bonchev–Trinajstić information content (AvgIpc) is 3.16. The lowest BCUT2D eigenvalue weighted by molar-refractivity contribution is -0.120. The molecule has 1 heterocycles. The summed E-state index contributed by atoms with van der Waals surface area (Å²) < 4.78 is 14.9. The van der Waals surface area contributed by atoms with Gasteiger partial charge in [-0.2, -0.15) is 5.10 Å². The van der Waals surface area contributed by atoms with Gasteiger partial charge in [0.1, 0.15) is 5.82 Å². The highest BCUT2D eigenvalue weighted by atomic mass is 19.1. The average molecular weight is 394 g/mol. The van der Waals surface area contributed by atoms with E-state index < -0.39 is 0 Å². The van der Waals surface area contributed by atoms with Crippen molar-refractivity contribution in [2.45, 2.75) is 19.8 Å². The molecular weight excluding hydrogens is 371 g/mol. The largest absolute Gasteiger partial charge is 0.354 e. The van der Waals surface area contributed by atoms with Crippen molar-refractivity contribution >= 4 is 11.8 Å². The second-order valence-corrected chi connectivity index (χ2v) is 6.52. The van der Waals surface area contributed by atoms with Crippen molar-refractivity contribution < 1.29 is 14.0 Å². The molecule has 29 heavy (non-hydrogen) atoms. The minimum absolute atomic E-state index is 0.0928. The van der Waals surface area contributed by atoms with E-state index in [0.29, 0.717) is 17.5 Å². The number of hydrogen-bond acceptors (Lipinski definition) is 3. The van der Waals surface area contributed by atoms with Crippen molar-refractivity contribution in [1.29, 1.82) is 0 Å². The first-order chi connectivity index (χ1) is 14.1. The summed E-state index contributed by atoms with van der Waals surface area (Å²) in [4.78, 5) is 24.5. The molecular formula is C22H23FN4O2. The van der Waals surface area contributed by atoms with Crippen molar-refractivity contribution in [3.8, 4) is 5.69 Å². The predicted octanol–water partition coefficient (Wildman–Crippen LogP) is 2.66. The Bertz CT molecular complexity index is 985. The monoisotopic (exact) mass is 394 g/mol. The van der Waals surface area contributed by atoms with Crippen molar-refractivity contribution in [2.24, 2.45) is 0 Å². The second kappa shape index (κ2) is 9.64. The summed E-state index contributed by atoms with van der Waals surface area (Å²) in [5.74, 6) is -0.829. The number of carbonyl (C=O) groups is 2. The zero-order valence-corrected chi connectivity index (χ0v) is 16.2. The van der Waals surface area contributed by atoms with Crippen LogP contribution in [0.5, 0.6) is 0 Å². The van der Waals surface area contributed by atoms with Crippen LogP contribution in [0, 0.1) is 5.82 Å². The third-order valence-electron chi connectivity index (χ3n) is 4.44. The summed E-state index contributed by atoms with van der Waals surface area (Å²) in [6.07, 6.45) is 2.31. The van der Waals surface area contributed by atoms with Crippen LogP contribution < -0.4 is 10.6 Å². The van der Waals surface area contributed by atoms with Crippen LogP contribution in [0.1, 0.15) is 28.5 Å². The van der Waals surface area contributed by atoms with Gasteiger partial charge in [-0.1, -0.05) is 37.3 Å². The summed E-state index contributed by atoms with van der Waals surface area (Å²) >= 11 is 0. The Balaban J connectivity index is 1.51. The molecule has 1 aromatic heterocycles. The zero-order valence-electron chi connectivity index (χ0n) is 16.2. The molecule has 2 amide bonds. The maximum Gasteiger partial charge on any atom is 0.254 e. The van der Waals surface area contributed by atoms with Crippen LogP contribution in [0.3, 0.4) is 0 Å². The first kappa shape index (κ1) is 20.3. The quantitative estimate of drug-likeness (QED) is 0.577. The number of halogens is 1. The Morgan fingerprint density at radius 3 is 2.52 bits per heavy atom. The van der Waals surface area contributed by atoms with Gasteiger partial charge in [0.25, 0.3) is 5.91 Å². The lowest BCUT2D eigenvalue weighted by Gasteiger charge is -2.09. The molecule has 0 aliphatic heterocycles.